The summed E-state index contributed by atoms with van der Waals surface area (Å²) in [5.74, 6) is -2.19. The van der Waals surface area contributed by atoms with Crippen LogP contribution in [0.25, 0.3) is 0 Å². The summed E-state index contributed by atoms with van der Waals surface area (Å²) < 4.78 is 68.3. The molecule has 94 heavy (non-hydrogen) atoms. The first-order valence-electron chi connectivity index (χ1n) is 37.2. The van der Waals surface area contributed by atoms with Crippen LogP contribution in [0.15, 0.2) is 72.9 Å². The predicted octanol–water partition coefficient (Wildman–Crippen LogP) is 20.9. The molecule has 0 aliphatic carbocycles. The van der Waals surface area contributed by atoms with Crippen molar-refractivity contribution in [1.82, 2.24) is 0 Å². The van der Waals surface area contributed by atoms with Crippen LogP contribution < -0.4 is 0 Å². The molecule has 0 rings (SSSR count). The molecule has 0 aromatic heterocycles. The van der Waals surface area contributed by atoms with Crippen molar-refractivity contribution in [2.45, 2.75) is 341 Å². The van der Waals surface area contributed by atoms with Gasteiger partial charge in [-0.25, -0.2) is 9.13 Å². The van der Waals surface area contributed by atoms with Crippen LogP contribution in [-0.4, -0.2) is 96.7 Å². The maximum Gasteiger partial charge on any atom is 0.472 e. The van der Waals surface area contributed by atoms with E-state index in [0.29, 0.717) is 25.7 Å². The van der Waals surface area contributed by atoms with Crippen molar-refractivity contribution in [1.29, 1.82) is 0 Å². The third kappa shape index (κ3) is 67.1. The van der Waals surface area contributed by atoms with Crippen LogP contribution in [0.1, 0.15) is 323 Å². The molecule has 0 spiro atoms. The van der Waals surface area contributed by atoms with Gasteiger partial charge >= 0.3 is 39.5 Å². The standard InChI is InChI=1S/C75H134O17P2/c1-5-9-13-17-21-25-29-32-33-34-35-38-41-44-48-52-56-60-73(78)86-66-71(92-75(80)62-58-54-50-46-42-37-31-27-23-19-15-11-7-3)68-90-94(83,84)88-64-69(76)63-87-93(81,82)89-67-70(91-74(79)61-57-53-49-45-39-28-24-20-16-12-8-4)65-85-72(77)59-55-51-47-43-40-36-30-26-22-18-14-10-6-2/h9,13-14,18,20-21,24-26,30,32-33,69-71,76H,5-8,10-12,15-17,19,22-23,27-29,31,34-68H2,1-4H3,(H,81,82)(H,83,84)/b13-9-,18-14-,24-20-,25-21-,30-26-,33-32-. The minimum absolute atomic E-state index is 0.0839. The number of rotatable bonds is 70. The highest BCUT2D eigenvalue weighted by atomic mass is 31.2. The van der Waals surface area contributed by atoms with Gasteiger partial charge in [0, 0.05) is 25.7 Å². The SMILES string of the molecule is CC/C=C\C/C=C\C/C=C\CCCCCCCCCC(=O)OCC(COP(=O)(O)OCC(O)COP(=O)(O)OCC(COC(=O)CCCCCCC/C=C\C/C=C\CCC)OC(=O)CCCCCCC/C=C\CCCC)OC(=O)CCCCCCCCCCCCCCC. The Hall–Kier alpha value is -3.50. The molecule has 0 aromatic carbocycles. The lowest BCUT2D eigenvalue weighted by Gasteiger charge is -2.21. The molecule has 3 N–H and O–H groups in total. The highest BCUT2D eigenvalue weighted by Crippen LogP contribution is 2.45. The summed E-state index contributed by atoms with van der Waals surface area (Å²) in [6.07, 6.45) is 66.2. The number of phosphoric acid groups is 2. The van der Waals surface area contributed by atoms with Gasteiger partial charge in [-0.15, -0.1) is 0 Å². The van der Waals surface area contributed by atoms with E-state index in [9.17, 15) is 43.2 Å². The Morgan fingerprint density at radius 1 is 0.309 bits per heavy atom. The molecule has 546 valence electrons. The molecule has 0 heterocycles. The lowest BCUT2D eigenvalue weighted by Crippen LogP contribution is -2.30. The third-order valence-corrected chi connectivity index (χ3v) is 17.5. The maximum absolute atomic E-state index is 13.1. The van der Waals surface area contributed by atoms with Crippen LogP contribution in [0.2, 0.25) is 0 Å². The summed E-state index contributed by atoms with van der Waals surface area (Å²) in [6.45, 7) is 4.65. The molecule has 0 aromatic rings. The zero-order chi connectivity index (χ0) is 69.0. The van der Waals surface area contributed by atoms with Gasteiger partial charge in [0.2, 0.25) is 0 Å². The number of allylic oxidation sites excluding steroid dienone is 12. The first kappa shape index (κ1) is 90.5. The molecule has 5 atom stereocenters. The van der Waals surface area contributed by atoms with Gasteiger partial charge in [0.1, 0.15) is 19.3 Å². The van der Waals surface area contributed by atoms with Gasteiger partial charge in [-0.05, 0) is 103 Å². The number of hydrogen-bond donors (Lipinski definition) is 3. The van der Waals surface area contributed by atoms with Crippen LogP contribution in [0.3, 0.4) is 0 Å². The van der Waals surface area contributed by atoms with Crippen LogP contribution in [0.4, 0.5) is 0 Å². The zero-order valence-corrected chi connectivity index (χ0v) is 61.2. The van der Waals surface area contributed by atoms with E-state index < -0.39 is 97.5 Å². The fourth-order valence-electron chi connectivity index (χ4n) is 9.96. The van der Waals surface area contributed by atoms with E-state index >= 15 is 0 Å². The van der Waals surface area contributed by atoms with Crippen molar-refractivity contribution in [3.05, 3.63) is 72.9 Å². The van der Waals surface area contributed by atoms with E-state index in [1.165, 1.54) is 64.2 Å². The topological polar surface area (TPSA) is 237 Å². The Kier molecular flexibility index (Phi) is 65.5. The second kappa shape index (κ2) is 68.0. The van der Waals surface area contributed by atoms with E-state index in [1.54, 1.807) is 0 Å². The van der Waals surface area contributed by atoms with Gasteiger partial charge in [0.15, 0.2) is 12.2 Å². The summed E-state index contributed by atoms with van der Waals surface area (Å²) >= 11 is 0. The van der Waals surface area contributed by atoms with E-state index in [2.05, 4.69) is 101 Å². The molecule has 0 fully saturated rings. The third-order valence-electron chi connectivity index (χ3n) is 15.6. The van der Waals surface area contributed by atoms with Gasteiger partial charge < -0.3 is 33.8 Å². The van der Waals surface area contributed by atoms with Crippen molar-refractivity contribution >= 4 is 39.5 Å². The second-order valence-electron chi connectivity index (χ2n) is 24.9. The first-order valence-corrected chi connectivity index (χ1v) is 40.2. The van der Waals surface area contributed by atoms with E-state index in [0.717, 1.165) is 180 Å². The Morgan fingerprint density at radius 2 is 0.585 bits per heavy atom. The maximum atomic E-state index is 13.1. The Morgan fingerprint density at radius 3 is 0.936 bits per heavy atom. The molecule has 0 saturated carbocycles. The molecule has 0 bridgehead atoms. The number of phosphoric ester groups is 2. The van der Waals surface area contributed by atoms with Crippen molar-refractivity contribution in [2.24, 2.45) is 0 Å². The highest BCUT2D eigenvalue weighted by Gasteiger charge is 2.30. The molecule has 0 aliphatic heterocycles. The number of esters is 4. The first-order chi connectivity index (χ1) is 45.7. The minimum Gasteiger partial charge on any atom is -0.462 e. The van der Waals surface area contributed by atoms with Crippen LogP contribution in [-0.2, 0) is 65.4 Å². The predicted molar refractivity (Wildman–Crippen MR) is 381 cm³/mol. The molecular weight excluding hydrogens is 1230 g/mol. The van der Waals surface area contributed by atoms with Crippen LogP contribution in [0, 0.1) is 0 Å². The fourth-order valence-corrected chi connectivity index (χ4v) is 11.5. The summed E-state index contributed by atoms with van der Waals surface area (Å²) in [4.78, 5) is 72.7. The van der Waals surface area contributed by atoms with E-state index in [1.807, 2.05) is 0 Å². The quantitative estimate of drug-likeness (QED) is 0.0169. The molecular formula is C75H134O17P2. The monoisotopic (exact) mass is 1370 g/mol. The summed E-state index contributed by atoms with van der Waals surface area (Å²) in [5.41, 5.74) is 0. The zero-order valence-electron chi connectivity index (χ0n) is 59.4. The number of carbonyl (C=O) groups is 4. The van der Waals surface area contributed by atoms with Gasteiger partial charge in [0.25, 0.3) is 0 Å². The Labute approximate surface area is 571 Å². The molecule has 0 radical (unpaired) electrons. The molecule has 19 heteroatoms. The Bertz CT molecular complexity index is 2070. The van der Waals surface area contributed by atoms with Crippen molar-refractivity contribution in [3.63, 3.8) is 0 Å². The summed E-state index contributed by atoms with van der Waals surface area (Å²) in [5, 5.41) is 10.6. The fraction of sp³-hybridized carbons (Fsp3) is 0.787. The van der Waals surface area contributed by atoms with E-state index in [-0.39, 0.29) is 25.7 Å². The van der Waals surface area contributed by atoms with Crippen molar-refractivity contribution in [2.75, 3.05) is 39.6 Å². The highest BCUT2D eigenvalue weighted by molar-refractivity contribution is 7.47. The smallest absolute Gasteiger partial charge is 0.462 e. The number of aliphatic hydroxyl groups is 1. The van der Waals surface area contributed by atoms with Crippen molar-refractivity contribution in [3.8, 4) is 0 Å². The molecule has 17 nitrogen and oxygen atoms in total. The largest absolute Gasteiger partial charge is 0.472 e. The molecule has 0 amide bonds. The average molecular weight is 1370 g/mol. The summed E-state index contributed by atoms with van der Waals surface area (Å²) in [6, 6.07) is 0. The van der Waals surface area contributed by atoms with Gasteiger partial charge in [-0.1, -0.05) is 268 Å². The van der Waals surface area contributed by atoms with Gasteiger partial charge in [0.05, 0.1) is 26.4 Å². The van der Waals surface area contributed by atoms with Gasteiger partial charge in [-0.3, -0.25) is 37.3 Å². The number of carbonyl (C=O) groups excluding carboxylic acids is 4. The van der Waals surface area contributed by atoms with Crippen molar-refractivity contribution < 1.29 is 80.2 Å². The molecule has 5 unspecified atom stereocenters. The average Bonchev–Trinajstić information content (AvgIpc) is 2.15. The van der Waals surface area contributed by atoms with Crippen LogP contribution in [0.5, 0.6) is 0 Å². The number of hydrogen-bond acceptors (Lipinski definition) is 15. The second-order valence-corrected chi connectivity index (χ2v) is 27.8. The van der Waals surface area contributed by atoms with Gasteiger partial charge in [-0.2, -0.15) is 0 Å². The molecule has 0 aliphatic rings. The number of ether oxygens (including phenoxy) is 4. The lowest BCUT2D eigenvalue weighted by atomic mass is 10.0. The van der Waals surface area contributed by atoms with Crippen LogP contribution >= 0.6 is 15.6 Å². The number of aliphatic hydroxyl groups excluding tert-OH is 1. The minimum atomic E-state index is -4.97. The van der Waals surface area contributed by atoms with E-state index in [4.69, 9.17) is 37.0 Å². The summed E-state index contributed by atoms with van der Waals surface area (Å²) in [7, 11) is -9.94. The Balaban J connectivity index is 5.30. The lowest BCUT2D eigenvalue weighted by molar-refractivity contribution is -0.161. The normalized spacial score (nSPS) is 14.4. The number of unbranched alkanes of at least 4 members (excludes halogenated alkanes) is 32. The molecule has 0 saturated heterocycles.